The summed E-state index contributed by atoms with van der Waals surface area (Å²) in [6.45, 7) is 0.418. The Labute approximate surface area is 134 Å². The Morgan fingerprint density at radius 2 is 2.13 bits per heavy atom. The van der Waals surface area contributed by atoms with Crippen molar-refractivity contribution in [3.05, 3.63) is 28.7 Å². The number of rotatable bonds is 4. The van der Waals surface area contributed by atoms with Crippen molar-refractivity contribution in [3.8, 4) is 0 Å². The number of piperidine rings is 1. The van der Waals surface area contributed by atoms with Crippen LogP contribution < -0.4 is 5.76 Å². The number of fused-ring (bicyclic) bond motifs is 1. The Bertz CT molecular complexity index is 866. The van der Waals surface area contributed by atoms with Crippen LogP contribution in [-0.4, -0.2) is 41.6 Å². The molecule has 0 spiro atoms. The zero-order valence-corrected chi connectivity index (χ0v) is 13.8. The first-order valence-corrected chi connectivity index (χ1v) is 9.11. The Morgan fingerprint density at radius 3 is 2.87 bits per heavy atom. The monoisotopic (exact) mass is 340 g/mol. The van der Waals surface area contributed by atoms with Crippen molar-refractivity contribution < 1.29 is 17.9 Å². The van der Waals surface area contributed by atoms with Crippen LogP contribution in [-0.2, 0) is 17.1 Å². The molecule has 1 atom stereocenters. The number of nitrogens with zero attached hydrogens (tertiary/aromatic N) is 2. The fraction of sp³-hybridized carbons (Fsp3) is 0.533. The van der Waals surface area contributed by atoms with E-state index in [1.165, 1.54) is 27.1 Å². The summed E-state index contributed by atoms with van der Waals surface area (Å²) in [5.74, 6) is -0.523. The minimum absolute atomic E-state index is 0.0358. The predicted octanol–water partition coefficient (Wildman–Crippen LogP) is 1.06. The molecule has 126 valence electrons. The van der Waals surface area contributed by atoms with Gasteiger partial charge in [-0.05, 0) is 37.5 Å². The Kier molecular flexibility index (Phi) is 4.31. The van der Waals surface area contributed by atoms with Crippen LogP contribution in [0.5, 0.6) is 0 Å². The van der Waals surface area contributed by atoms with Gasteiger partial charge in [-0.3, -0.25) is 4.57 Å². The van der Waals surface area contributed by atoms with E-state index >= 15 is 0 Å². The van der Waals surface area contributed by atoms with Gasteiger partial charge in [0.2, 0.25) is 10.0 Å². The molecular formula is C15H20N2O5S. The summed E-state index contributed by atoms with van der Waals surface area (Å²) < 4.78 is 33.7. The van der Waals surface area contributed by atoms with Gasteiger partial charge < -0.3 is 9.52 Å². The number of aliphatic hydroxyl groups is 1. The lowest BCUT2D eigenvalue weighted by atomic mass is 10.0. The van der Waals surface area contributed by atoms with E-state index in [9.17, 15) is 18.3 Å². The summed E-state index contributed by atoms with van der Waals surface area (Å²) in [7, 11) is -2.13. The van der Waals surface area contributed by atoms with Gasteiger partial charge in [-0.1, -0.05) is 6.42 Å². The molecule has 1 aliphatic rings. The van der Waals surface area contributed by atoms with Crippen molar-refractivity contribution in [2.45, 2.75) is 36.6 Å². The molecule has 2 aromatic rings. The van der Waals surface area contributed by atoms with Crippen LogP contribution in [0.15, 0.2) is 32.3 Å². The molecule has 0 bridgehead atoms. The third-order valence-electron chi connectivity index (χ3n) is 4.40. The first-order chi connectivity index (χ1) is 10.9. The van der Waals surface area contributed by atoms with E-state index in [2.05, 4.69) is 0 Å². The molecule has 1 unspecified atom stereocenters. The van der Waals surface area contributed by atoms with E-state index in [0.717, 1.165) is 19.3 Å². The van der Waals surface area contributed by atoms with Crippen molar-refractivity contribution in [1.29, 1.82) is 0 Å². The van der Waals surface area contributed by atoms with Crippen molar-refractivity contribution in [2.24, 2.45) is 7.05 Å². The minimum atomic E-state index is -3.67. The van der Waals surface area contributed by atoms with E-state index in [1.54, 1.807) is 7.05 Å². The third-order valence-corrected chi connectivity index (χ3v) is 6.35. The summed E-state index contributed by atoms with van der Waals surface area (Å²) in [5, 5.41) is 9.18. The summed E-state index contributed by atoms with van der Waals surface area (Å²) >= 11 is 0. The van der Waals surface area contributed by atoms with E-state index < -0.39 is 15.8 Å². The number of oxazole rings is 1. The molecule has 1 fully saturated rings. The highest BCUT2D eigenvalue weighted by Gasteiger charge is 2.33. The lowest BCUT2D eigenvalue weighted by Gasteiger charge is -2.34. The fourth-order valence-corrected chi connectivity index (χ4v) is 4.87. The molecule has 8 heteroatoms. The van der Waals surface area contributed by atoms with Crippen LogP contribution >= 0.6 is 0 Å². The van der Waals surface area contributed by atoms with Crippen molar-refractivity contribution in [2.75, 3.05) is 13.2 Å². The number of hydrogen-bond donors (Lipinski definition) is 1. The maximum atomic E-state index is 13.0. The molecule has 2 heterocycles. The summed E-state index contributed by atoms with van der Waals surface area (Å²) in [4.78, 5) is 11.7. The molecule has 1 saturated heterocycles. The van der Waals surface area contributed by atoms with Gasteiger partial charge in [0.15, 0.2) is 5.58 Å². The Balaban J connectivity index is 2.04. The minimum Gasteiger partial charge on any atom is -0.408 e. The largest absolute Gasteiger partial charge is 0.419 e. The Hall–Kier alpha value is -1.64. The van der Waals surface area contributed by atoms with Crippen LogP contribution in [0.4, 0.5) is 0 Å². The smallest absolute Gasteiger partial charge is 0.408 e. The molecule has 0 amide bonds. The maximum Gasteiger partial charge on any atom is 0.419 e. The average molecular weight is 340 g/mol. The summed E-state index contributed by atoms with van der Waals surface area (Å²) in [5.41, 5.74) is 0.814. The van der Waals surface area contributed by atoms with Crippen molar-refractivity contribution in [1.82, 2.24) is 8.87 Å². The molecule has 7 nitrogen and oxygen atoms in total. The van der Waals surface area contributed by atoms with Gasteiger partial charge in [0.25, 0.3) is 0 Å². The van der Waals surface area contributed by atoms with Crippen LogP contribution in [0.2, 0.25) is 0 Å². The summed E-state index contributed by atoms with van der Waals surface area (Å²) in [6.07, 6.45) is 2.97. The van der Waals surface area contributed by atoms with Gasteiger partial charge in [-0.15, -0.1) is 0 Å². The first-order valence-electron chi connectivity index (χ1n) is 7.67. The number of sulfonamides is 1. The van der Waals surface area contributed by atoms with E-state index in [0.29, 0.717) is 24.1 Å². The fourth-order valence-electron chi connectivity index (χ4n) is 3.13. The molecule has 0 saturated carbocycles. The van der Waals surface area contributed by atoms with Gasteiger partial charge >= 0.3 is 5.76 Å². The van der Waals surface area contributed by atoms with Gasteiger partial charge in [0.05, 0.1) is 10.4 Å². The zero-order valence-electron chi connectivity index (χ0n) is 12.9. The normalized spacial score (nSPS) is 20.2. The number of aromatic nitrogens is 1. The molecule has 0 aliphatic carbocycles. The van der Waals surface area contributed by atoms with Gasteiger partial charge in [0, 0.05) is 26.2 Å². The predicted molar refractivity (Wildman–Crippen MR) is 84.7 cm³/mol. The topological polar surface area (TPSA) is 92.8 Å². The first kappa shape index (κ1) is 16.2. The second-order valence-electron chi connectivity index (χ2n) is 5.83. The molecule has 3 rings (SSSR count). The highest BCUT2D eigenvalue weighted by atomic mass is 32.2. The lowest BCUT2D eigenvalue weighted by molar-refractivity contribution is 0.192. The molecule has 1 aromatic carbocycles. The average Bonchev–Trinajstić information content (AvgIpc) is 2.82. The molecular weight excluding hydrogens is 320 g/mol. The number of benzene rings is 1. The molecule has 1 aliphatic heterocycles. The van der Waals surface area contributed by atoms with Gasteiger partial charge in [0.1, 0.15) is 0 Å². The molecule has 1 aromatic heterocycles. The standard InChI is InChI=1S/C15H20N2O5S/c1-16-13-10-12(5-6-14(13)22-15(16)19)23(20,21)17-8-3-2-4-11(17)7-9-18/h5-6,10-11,18H,2-4,7-9H2,1H3. The van der Waals surface area contributed by atoms with E-state index in [4.69, 9.17) is 4.42 Å². The van der Waals surface area contributed by atoms with Gasteiger partial charge in [-0.2, -0.15) is 4.31 Å². The number of hydrogen-bond acceptors (Lipinski definition) is 5. The van der Waals surface area contributed by atoms with Crippen LogP contribution in [0.3, 0.4) is 0 Å². The van der Waals surface area contributed by atoms with Crippen molar-refractivity contribution in [3.63, 3.8) is 0 Å². The van der Waals surface area contributed by atoms with Crippen LogP contribution in [0, 0.1) is 0 Å². The highest BCUT2D eigenvalue weighted by Crippen LogP contribution is 2.28. The zero-order chi connectivity index (χ0) is 16.6. The second-order valence-corrected chi connectivity index (χ2v) is 7.72. The van der Waals surface area contributed by atoms with Gasteiger partial charge in [-0.25, -0.2) is 13.2 Å². The third kappa shape index (κ3) is 2.82. The molecule has 1 N–H and O–H groups in total. The second kappa shape index (κ2) is 6.10. The SMILES string of the molecule is Cn1c(=O)oc2ccc(S(=O)(=O)N3CCCCC3CCO)cc21. The molecule has 0 radical (unpaired) electrons. The van der Waals surface area contributed by atoms with Crippen LogP contribution in [0.25, 0.3) is 11.1 Å². The maximum absolute atomic E-state index is 13.0. The van der Waals surface area contributed by atoms with Crippen molar-refractivity contribution >= 4 is 21.1 Å². The quantitative estimate of drug-likeness (QED) is 0.898. The Morgan fingerprint density at radius 1 is 1.35 bits per heavy atom. The van der Waals surface area contributed by atoms with E-state index in [1.807, 2.05) is 0 Å². The van der Waals surface area contributed by atoms with Crippen LogP contribution in [0.1, 0.15) is 25.7 Å². The molecule has 23 heavy (non-hydrogen) atoms. The van der Waals surface area contributed by atoms with E-state index in [-0.39, 0.29) is 17.5 Å². The number of aryl methyl sites for hydroxylation is 1. The highest BCUT2D eigenvalue weighted by molar-refractivity contribution is 7.89. The lowest BCUT2D eigenvalue weighted by Crippen LogP contribution is -2.44. The summed E-state index contributed by atoms with van der Waals surface area (Å²) in [6, 6.07) is 4.27. The number of aliphatic hydroxyl groups excluding tert-OH is 1.